The van der Waals surface area contributed by atoms with Gasteiger partial charge < -0.3 is 14.2 Å². The third kappa shape index (κ3) is 4.02. The quantitative estimate of drug-likeness (QED) is 0.441. The molecule has 1 heterocycles. The van der Waals surface area contributed by atoms with Gasteiger partial charge in [-0.3, -0.25) is 9.59 Å². The summed E-state index contributed by atoms with van der Waals surface area (Å²) in [7, 11) is 0. The number of ether oxygens (including phenoxy) is 3. The number of carbonyl (C=O) groups is 3. The van der Waals surface area contributed by atoms with Crippen molar-refractivity contribution in [3.8, 4) is 5.75 Å². The van der Waals surface area contributed by atoms with Gasteiger partial charge in [-0.1, -0.05) is 18.7 Å². The summed E-state index contributed by atoms with van der Waals surface area (Å²) in [5, 5.41) is 0. The van der Waals surface area contributed by atoms with Crippen LogP contribution in [0.2, 0.25) is 0 Å². The third-order valence-electron chi connectivity index (χ3n) is 4.19. The first-order valence-electron chi connectivity index (χ1n) is 8.24. The topological polar surface area (TPSA) is 78.9 Å². The van der Waals surface area contributed by atoms with E-state index < -0.39 is 30.3 Å². The lowest BCUT2D eigenvalue weighted by atomic mass is 9.99. The maximum Gasteiger partial charge on any atom is 0.333 e. The van der Waals surface area contributed by atoms with E-state index in [-0.39, 0.29) is 5.57 Å². The number of rotatable bonds is 6. The lowest BCUT2D eigenvalue weighted by molar-refractivity contribution is -0.149. The molecule has 0 saturated heterocycles. The summed E-state index contributed by atoms with van der Waals surface area (Å²) in [4.78, 5) is 34.5. The van der Waals surface area contributed by atoms with Crippen LogP contribution in [0.25, 0.3) is 0 Å². The van der Waals surface area contributed by atoms with Crippen molar-refractivity contribution >= 4 is 18.2 Å². The van der Waals surface area contributed by atoms with Crippen molar-refractivity contribution < 1.29 is 28.6 Å². The fourth-order valence-corrected chi connectivity index (χ4v) is 2.59. The molecule has 0 aromatic heterocycles. The predicted octanol–water partition coefficient (Wildman–Crippen LogP) is 3.38. The molecule has 0 amide bonds. The van der Waals surface area contributed by atoms with Gasteiger partial charge in [0.25, 0.3) is 0 Å². The second kappa shape index (κ2) is 7.99. The number of hydrogen-bond donors (Lipinski definition) is 0. The molecule has 0 spiro atoms. The number of fused-ring (bicyclic) bond motifs is 1. The Hall–Kier alpha value is -2.89. The molecule has 3 atom stereocenters. The van der Waals surface area contributed by atoms with E-state index in [4.69, 9.17) is 14.2 Å². The molecule has 0 radical (unpaired) electrons. The van der Waals surface area contributed by atoms with E-state index in [0.29, 0.717) is 23.2 Å². The molecule has 26 heavy (non-hydrogen) atoms. The van der Waals surface area contributed by atoms with Gasteiger partial charge in [0, 0.05) is 23.6 Å². The van der Waals surface area contributed by atoms with Gasteiger partial charge >= 0.3 is 11.9 Å². The summed E-state index contributed by atoms with van der Waals surface area (Å²) in [5.41, 5.74) is 2.02. The highest BCUT2D eigenvalue weighted by atomic mass is 16.6. The summed E-state index contributed by atoms with van der Waals surface area (Å²) in [6, 6.07) is 5.22. The average molecular weight is 358 g/mol. The molecule has 138 valence electrons. The zero-order valence-electron chi connectivity index (χ0n) is 15.3. The van der Waals surface area contributed by atoms with E-state index in [9.17, 15) is 14.4 Å². The Labute approximate surface area is 152 Å². The maximum absolute atomic E-state index is 11.9. The maximum atomic E-state index is 11.9. The molecule has 0 unspecified atom stereocenters. The molecule has 6 nitrogen and oxygen atoms in total. The average Bonchev–Trinajstić information content (AvgIpc) is 2.97. The molecule has 0 fully saturated rings. The van der Waals surface area contributed by atoms with Crippen molar-refractivity contribution in [3.05, 3.63) is 53.1 Å². The van der Waals surface area contributed by atoms with Crippen LogP contribution in [0.3, 0.4) is 0 Å². The normalized spacial score (nSPS) is 19.8. The predicted molar refractivity (Wildman–Crippen MR) is 94.5 cm³/mol. The number of carbonyl (C=O) groups excluding carboxylic acids is 3. The SMILES string of the molecule is C=C(C=O)[C@H]1Oc2ccc([C@@H](C)OC(=O)C(C)=CC)cc2[C@H]1OC(C)=O. The molecule has 1 aromatic rings. The summed E-state index contributed by atoms with van der Waals surface area (Å²) in [6.07, 6.45) is 0.204. The number of hydrogen-bond acceptors (Lipinski definition) is 6. The van der Waals surface area contributed by atoms with Crippen molar-refractivity contribution in [3.63, 3.8) is 0 Å². The van der Waals surface area contributed by atoms with Gasteiger partial charge in [0.15, 0.2) is 12.2 Å². The zero-order valence-corrected chi connectivity index (χ0v) is 15.3. The van der Waals surface area contributed by atoms with Gasteiger partial charge in [-0.2, -0.15) is 0 Å². The highest BCUT2D eigenvalue weighted by Gasteiger charge is 2.39. The Morgan fingerprint density at radius 3 is 2.58 bits per heavy atom. The molecule has 0 bridgehead atoms. The van der Waals surface area contributed by atoms with Crippen molar-refractivity contribution in [2.45, 2.75) is 46.0 Å². The fourth-order valence-electron chi connectivity index (χ4n) is 2.59. The minimum Gasteiger partial charge on any atom is -0.481 e. The first kappa shape index (κ1) is 19.4. The van der Waals surface area contributed by atoms with Crippen LogP contribution in [0.1, 0.15) is 51.0 Å². The highest BCUT2D eigenvalue weighted by Crippen LogP contribution is 2.42. The van der Waals surface area contributed by atoms with Crippen LogP contribution in [0, 0.1) is 0 Å². The lowest BCUT2D eigenvalue weighted by Crippen LogP contribution is -2.25. The third-order valence-corrected chi connectivity index (χ3v) is 4.19. The highest BCUT2D eigenvalue weighted by molar-refractivity contribution is 5.87. The lowest BCUT2D eigenvalue weighted by Gasteiger charge is -2.18. The van der Waals surface area contributed by atoms with Crippen molar-refractivity contribution in [1.29, 1.82) is 0 Å². The molecule has 1 aromatic carbocycles. The van der Waals surface area contributed by atoms with Crippen LogP contribution in [0.15, 0.2) is 42.0 Å². The second-order valence-corrected chi connectivity index (χ2v) is 6.08. The van der Waals surface area contributed by atoms with Crippen LogP contribution < -0.4 is 4.74 Å². The van der Waals surface area contributed by atoms with Gasteiger partial charge in [-0.15, -0.1) is 0 Å². The first-order valence-corrected chi connectivity index (χ1v) is 8.24. The van der Waals surface area contributed by atoms with E-state index in [1.807, 2.05) is 0 Å². The van der Waals surface area contributed by atoms with Crippen LogP contribution in [0.5, 0.6) is 5.75 Å². The number of benzene rings is 1. The van der Waals surface area contributed by atoms with E-state index >= 15 is 0 Å². The fraction of sp³-hybridized carbons (Fsp3) is 0.350. The summed E-state index contributed by atoms with van der Waals surface area (Å²) < 4.78 is 16.5. The van der Waals surface area contributed by atoms with Crippen molar-refractivity contribution in [1.82, 2.24) is 0 Å². The van der Waals surface area contributed by atoms with Gasteiger partial charge in [0.2, 0.25) is 0 Å². The van der Waals surface area contributed by atoms with Gasteiger partial charge in [0.05, 0.1) is 0 Å². The summed E-state index contributed by atoms with van der Waals surface area (Å²) in [6.45, 7) is 10.1. The summed E-state index contributed by atoms with van der Waals surface area (Å²) >= 11 is 0. The Balaban J connectivity index is 2.31. The molecule has 6 heteroatoms. The molecule has 1 aliphatic heterocycles. The zero-order chi connectivity index (χ0) is 19.4. The van der Waals surface area contributed by atoms with Crippen LogP contribution in [0.4, 0.5) is 0 Å². The van der Waals surface area contributed by atoms with Gasteiger partial charge in [-0.05, 0) is 38.5 Å². The molecule has 0 aliphatic carbocycles. The van der Waals surface area contributed by atoms with Crippen molar-refractivity contribution in [2.75, 3.05) is 0 Å². The largest absolute Gasteiger partial charge is 0.481 e. The molecular weight excluding hydrogens is 336 g/mol. The minimum atomic E-state index is -0.777. The van der Waals surface area contributed by atoms with Crippen LogP contribution >= 0.6 is 0 Å². The Bertz CT molecular complexity index is 777. The van der Waals surface area contributed by atoms with Gasteiger partial charge in [0.1, 0.15) is 18.1 Å². The number of allylic oxidation sites excluding steroid dienone is 1. The standard InChI is InChI=1S/C20H22O6/c1-6-11(2)20(23)24-13(4)15-7-8-17-16(9-15)19(25-14(5)22)18(26-17)12(3)10-21/h6-10,13,18-19H,3H2,1-2,4-5H3/t13-,18-,19-/m1/s1. The van der Waals surface area contributed by atoms with Gasteiger partial charge in [-0.25, -0.2) is 4.79 Å². The number of aldehydes is 1. The van der Waals surface area contributed by atoms with Crippen molar-refractivity contribution in [2.24, 2.45) is 0 Å². The summed E-state index contributed by atoms with van der Waals surface area (Å²) in [5.74, 6) is -0.402. The Morgan fingerprint density at radius 2 is 2.00 bits per heavy atom. The van der Waals surface area contributed by atoms with Crippen LogP contribution in [-0.2, 0) is 23.9 Å². The smallest absolute Gasteiger partial charge is 0.333 e. The van der Waals surface area contributed by atoms with E-state index in [0.717, 1.165) is 5.56 Å². The van der Waals surface area contributed by atoms with E-state index in [2.05, 4.69) is 6.58 Å². The van der Waals surface area contributed by atoms with E-state index in [1.54, 1.807) is 45.0 Å². The number of esters is 2. The molecule has 0 saturated carbocycles. The molecule has 2 rings (SSSR count). The molecule has 0 N–H and O–H groups in total. The Morgan fingerprint density at radius 1 is 1.31 bits per heavy atom. The second-order valence-electron chi connectivity index (χ2n) is 6.08. The molecule has 1 aliphatic rings. The van der Waals surface area contributed by atoms with E-state index in [1.165, 1.54) is 6.92 Å². The van der Waals surface area contributed by atoms with Crippen LogP contribution in [-0.4, -0.2) is 24.3 Å². The Kier molecular flexibility index (Phi) is 5.97. The monoisotopic (exact) mass is 358 g/mol. The molecular formula is C20H22O6. The first-order chi connectivity index (χ1) is 12.3. The minimum absolute atomic E-state index is 0.178.